The third kappa shape index (κ3) is 6.26. The third-order valence-electron chi connectivity index (χ3n) is 4.36. The predicted octanol–water partition coefficient (Wildman–Crippen LogP) is 2.62. The Morgan fingerprint density at radius 1 is 0.935 bits per heavy atom. The van der Waals surface area contributed by atoms with Crippen LogP contribution in [0.15, 0.2) is 30.3 Å². The van der Waals surface area contributed by atoms with Crippen LogP contribution in [0.1, 0.15) is 15.9 Å². The molecule has 3 N–H and O–H groups in total. The number of methoxy groups -OCH3 is 3. The number of carbonyl (C=O) groups excluding carboxylic acids is 3. The third-order valence-corrected chi connectivity index (χ3v) is 4.77. The highest BCUT2D eigenvalue weighted by Crippen LogP contribution is 2.33. The summed E-state index contributed by atoms with van der Waals surface area (Å²) in [5.74, 6) is -0.760. The van der Waals surface area contributed by atoms with Crippen molar-refractivity contribution in [3.63, 3.8) is 0 Å². The van der Waals surface area contributed by atoms with E-state index in [2.05, 4.69) is 16.0 Å². The molecule has 0 bridgehead atoms. The molecule has 2 aromatic carbocycles. The van der Waals surface area contributed by atoms with Crippen molar-refractivity contribution >= 4 is 40.8 Å². The SMILES string of the molecule is COC(=O)c1cc(OC)c(OC)cc1NCC(=O)NCC(=O)Nc1cccc(Cl)c1C. The first kappa shape index (κ1) is 23.8. The second-order valence-corrected chi connectivity index (χ2v) is 6.74. The molecule has 0 saturated heterocycles. The van der Waals surface area contributed by atoms with Gasteiger partial charge < -0.3 is 30.2 Å². The first-order chi connectivity index (χ1) is 14.8. The summed E-state index contributed by atoms with van der Waals surface area (Å²) in [6, 6.07) is 8.12. The normalized spacial score (nSPS) is 10.1. The maximum absolute atomic E-state index is 12.2. The molecule has 2 amide bonds. The fourth-order valence-corrected chi connectivity index (χ4v) is 2.83. The first-order valence-electron chi connectivity index (χ1n) is 9.20. The summed E-state index contributed by atoms with van der Waals surface area (Å²) in [6.07, 6.45) is 0. The predicted molar refractivity (Wildman–Crippen MR) is 117 cm³/mol. The molecule has 2 aromatic rings. The van der Waals surface area contributed by atoms with Gasteiger partial charge in [0.2, 0.25) is 11.8 Å². The van der Waals surface area contributed by atoms with E-state index in [4.69, 9.17) is 25.8 Å². The number of ether oxygens (including phenoxy) is 3. The Morgan fingerprint density at radius 2 is 1.61 bits per heavy atom. The fraction of sp³-hybridized carbons (Fsp3) is 0.286. The van der Waals surface area contributed by atoms with Crippen molar-refractivity contribution in [3.8, 4) is 11.5 Å². The maximum atomic E-state index is 12.2. The van der Waals surface area contributed by atoms with E-state index in [1.54, 1.807) is 25.1 Å². The van der Waals surface area contributed by atoms with Crippen molar-refractivity contribution in [2.24, 2.45) is 0 Å². The van der Waals surface area contributed by atoms with Crippen LogP contribution in [0.3, 0.4) is 0 Å². The lowest BCUT2D eigenvalue weighted by molar-refractivity contribution is -0.122. The van der Waals surface area contributed by atoms with Crippen LogP contribution in [0, 0.1) is 6.92 Å². The Bertz CT molecular complexity index is 980. The van der Waals surface area contributed by atoms with Crippen molar-refractivity contribution in [3.05, 3.63) is 46.5 Å². The molecule has 0 spiro atoms. The zero-order valence-corrected chi connectivity index (χ0v) is 18.4. The summed E-state index contributed by atoms with van der Waals surface area (Å²) < 4.78 is 15.2. The number of benzene rings is 2. The van der Waals surface area contributed by atoms with Gasteiger partial charge in [-0.05, 0) is 24.6 Å². The highest BCUT2D eigenvalue weighted by molar-refractivity contribution is 6.31. The quantitative estimate of drug-likeness (QED) is 0.504. The molecule has 0 aromatic heterocycles. The monoisotopic (exact) mass is 449 g/mol. The number of halogens is 1. The second-order valence-electron chi connectivity index (χ2n) is 6.34. The van der Waals surface area contributed by atoms with Crippen LogP contribution in [-0.4, -0.2) is 52.2 Å². The van der Waals surface area contributed by atoms with Gasteiger partial charge in [-0.2, -0.15) is 0 Å². The van der Waals surface area contributed by atoms with Gasteiger partial charge in [0.15, 0.2) is 11.5 Å². The number of hydrogen-bond donors (Lipinski definition) is 3. The summed E-state index contributed by atoms with van der Waals surface area (Å²) in [4.78, 5) is 36.4. The van der Waals surface area contributed by atoms with Crippen molar-refractivity contribution in [2.75, 3.05) is 45.1 Å². The fourth-order valence-electron chi connectivity index (χ4n) is 2.66. The number of nitrogens with one attached hydrogen (secondary N) is 3. The standard InChI is InChI=1S/C21H24ClN3O6/c1-12-14(22)6-5-7-15(12)25-20(27)11-24-19(26)10-23-16-9-18(30-3)17(29-2)8-13(16)21(28)31-4/h5-9,23H,10-11H2,1-4H3,(H,24,26)(H,25,27). The van der Waals surface area contributed by atoms with E-state index in [0.29, 0.717) is 27.9 Å². The van der Waals surface area contributed by atoms with E-state index in [9.17, 15) is 14.4 Å². The number of rotatable bonds is 9. The molecule has 0 heterocycles. The molecule has 0 aliphatic rings. The van der Waals surface area contributed by atoms with E-state index in [0.717, 1.165) is 5.56 Å². The molecule has 9 nitrogen and oxygen atoms in total. The Morgan fingerprint density at radius 3 is 2.26 bits per heavy atom. The molecule has 166 valence electrons. The minimum atomic E-state index is -0.611. The average molecular weight is 450 g/mol. The number of amides is 2. The van der Waals surface area contributed by atoms with Crippen molar-refractivity contribution in [2.45, 2.75) is 6.92 Å². The zero-order chi connectivity index (χ0) is 23.0. The summed E-state index contributed by atoms with van der Waals surface area (Å²) >= 11 is 6.03. The Labute approximate surface area is 185 Å². The largest absolute Gasteiger partial charge is 0.493 e. The summed E-state index contributed by atoms with van der Waals surface area (Å²) in [5.41, 5.74) is 1.79. The Kier molecular flexibility index (Phi) is 8.51. The van der Waals surface area contributed by atoms with Crippen LogP contribution in [-0.2, 0) is 14.3 Å². The van der Waals surface area contributed by atoms with E-state index in [1.807, 2.05) is 0 Å². The smallest absolute Gasteiger partial charge is 0.340 e. The molecule has 0 aliphatic heterocycles. The van der Waals surface area contributed by atoms with Crippen LogP contribution in [0.2, 0.25) is 5.02 Å². The summed E-state index contributed by atoms with van der Waals surface area (Å²) in [5, 5.41) is 8.57. The molecule has 0 unspecified atom stereocenters. The molecule has 10 heteroatoms. The van der Waals surface area contributed by atoms with Gasteiger partial charge in [0.05, 0.1) is 45.7 Å². The van der Waals surface area contributed by atoms with Crippen molar-refractivity contribution < 1.29 is 28.6 Å². The number of hydrogen-bond acceptors (Lipinski definition) is 7. The lowest BCUT2D eigenvalue weighted by atomic mass is 10.1. The second kappa shape index (κ2) is 11.1. The van der Waals surface area contributed by atoms with Gasteiger partial charge in [0.25, 0.3) is 0 Å². The van der Waals surface area contributed by atoms with Gasteiger partial charge in [0, 0.05) is 22.8 Å². The molecule has 0 saturated carbocycles. The van der Waals surface area contributed by atoms with Gasteiger partial charge in [-0.3, -0.25) is 9.59 Å². The van der Waals surface area contributed by atoms with Gasteiger partial charge in [-0.15, -0.1) is 0 Å². The van der Waals surface area contributed by atoms with Crippen LogP contribution < -0.4 is 25.4 Å². The van der Waals surface area contributed by atoms with Gasteiger partial charge in [0.1, 0.15) is 0 Å². The zero-order valence-electron chi connectivity index (χ0n) is 17.6. The van der Waals surface area contributed by atoms with Crippen LogP contribution in [0.25, 0.3) is 0 Å². The molecule has 31 heavy (non-hydrogen) atoms. The Hall–Kier alpha value is -3.46. The molecule has 2 rings (SSSR count). The lowest BCUT2D eigenvalue weighted by Gasteiger charge is -2.15. The minimum Gasteiger partial charge on any atom is -0.493 e. The molecule has 0 atom stereocenters. The number of anilines is 2. The summed E-state index contributed by atoms with van der Waals surface area (Å²) in [7, 11) is 4.14. The van der Waals surface area contributed by atoms with Gasteiger partial charge in [-0.25, -0.2) is 4.79 Å². The maximum Gasteiger partial charge on any atom is 0.340 e. The van der Waals surface area contributed by atoms with E-state index < -0.39 is 17.8 Å². The van der Waals surface area contributed by atoms with Gasteiger partial charge in [-0.1, -0.05) is 17.7 Å². The van der Waals surface area contributed by atoms with E-state index in [-0.39, 0.29) is 18.7 Å². The molecule has 0 radical (unpaired) electrons. The van der Waals surface area contributed by atoms with Gasteiger partial charge >= 0.3 is 5.97 Å². The lowest BCUT2D eigenvalue weighted by Crippen LogP contribution is -2.36. The molecular weight excluding hydrogens is 426 g/mol. The number of carbonyl (C=O) groups is 3. The highest BCUT2D eigenvalue weighted by atomic mass is 35.5. The first-order valence-corrected chi connectivity index (χ1v) is 9.58. The number of esters is 1. The van der Waals surface area contributed by atoms with Crippen LogP contribution in [0.5, 0.6) is 11.5 Å². The highest BCUT2D eigenvalue weighted by Gasteiger charge is 2.18. The van der Waals surface area contributed by atoms with Crippen LogP contribution in [0.4, 0.5) is 11.4 Å². The van der Waals surface area contributed by atoms with E-state index >= 15 is 0 Å². The topological polar surface area (TPSA) is 115 Å². The summed E-state index contributed by atoms with van der Waals surface area (Å²) in [6.45, 7) is 1.35. The molecule has 0 fully saturated rings. The van der Waals surface area contributed by atoms with Crippen LogP contribution >= 0.6 is 11.6 Å². The van der Waals surface area contributed by atoms with Crippen molar-refractivity contribution in [1.82, 2.24) is 5.32 Å². The Balaban J connectivity index is 1.98. The molecule has 0 aliphatic carbocycles. The van der Waals surface area contributed by atoms with Crippen molar-refractivity contribution in [1.29, 1.82) is 0 Å². The average Bonchev–Trinajstić information content (AvgIpc) is 2.78. The molecular formula is C21H24ClN3O6. The van der Waals surface area contributed by atoms with E-state index in [1.165, 1.54) is 33.5 Å². The minimum absolute atomic E-state index is 0.169.